The Morgan fingerprint density at radius 3 is 3.00 bits per heavy atom. The van der Waals surface area contributed by atoms with Gasteiger partial charge in [0.25, 0.3) is 0 Å². The zero-order valence-electron chi connectivity index (χ0n) is 14.6. The third-order valence-electron chi connectivity index (χ3n) is 4.77. The number of carbonyl (C=O) groups is 1. The van der Waals surface area contributed by atoms with Crippen molar-refractivity contribution in [2.24, 2.45) is 5.92 Å². The summed E-state index contributed by atoms with van der Waals surface area (Å²) in [5.74, 6) is 0.268. The van der Waals surface area contributed by atoms with Gasteiger partial charge in [-0.15, -0.1) is 0 Å². The lowest BCUT2D eigenvalue weighted by Crippen LogP contribution is -2.47. The molecule has 134 valence electrons. The molecule has 1 aliphatic carbocycles. The molecule has 1 aliphatic rings. The van der Waals surface area contributed by atoms with Crippen LogP contribution in [-0.2, 0) is 18.6 Å². The average Bonchev–Trinajstić information content (AvgIpc) is 3.12. The van der Waals surface area contributed by atoms with E-state index in [2.05, 4.69) is 28.7 Å². The van der Waals surface area contributed by atoms with E-state index in [0.717, 1.165) is 24.9 Å². The van der Waals surface area contributed by atoms with E-state index < -0.39 is 5.60 Å². The summed E-state index contributed by atoms with van der Waals surface area (Å²) in [5, 5.41) is 20.8. The first-order valence-electron chi connectivity index (χ1n) is 8.87. The Hall–Kier alpha value is -2.34. The minimum Gasteiger partial charge on any atom is -0.383 e. The third kappa shape index (κ3) is 4.39. The zero-order valence-corrected chi connectivity index (χ0v) is 14.6. The van der Waals surface area contributed by atoms with Crippen LogP contribution in [0.25, 0.3) is 0 Å². The number of aliphatic hydroxyl groups is 1. The Morgan fingerprint density at radius 2 is 2.20 bits per heavy atom. The lowest BCUT2D eigenvalue weighted by molar-refractivity contribution is 0.0217. The number of amides is 2. The van der Waals surface area contributed by atoms with Gasteiger partial charge in [0, 0.05) is 25.5 Å². The number of benzene rings is 1. The fraction of sp³-hybridized carbons (Fsp3) is 0.474. The fourth-order valence-electron chi connectivity index (χ4n) is 3.43. The molecule has 0 radical (unpaired) electrons. The molecule has 2 aromatic rings. The highest BCUT2D eigenvalue weighted by Gasteiger charge is 2.34. The standard InChI is InChI=1S/C19H26N4O2/c1-15(13-23-11-5-10-22-23)12-20-18(24)21-14-19(25)9-4-7-16-6-2-3-8-17(16)19/h2-3,5-6,8,10-11,15,25H,4,7,9,12-14H2,1H3,(H2,20,21,24). The van der Waals surface area contributed by atoms with E-state index in [4.69, 9.17) is 0 Å². The molecule has 2 atom stereocenters. The number of aryl methyl sites for hydroxylation is 1. The Labute approximate surface area is 148 Å². The van der Waals surface area contributed by atoms with Crippen molar-refractivity contribution in [3.63, 3.8) is 0 Å². The molecule has 6 nitrogen and oxygen atoms in total. The second-order valence-corrected chi connectivity index (χ2v) is 6.94. The molecule has 6 heteroatoms. The van der Waals surface area contributed by atoms with E-state index in [-0.39, 0.29) is 18.5 Å². The van der Waals surface area contributed by atoms with Crippen molar-refractivity contribution < 1.29 is 9.90 Å². The van der Waals surface area contributed by atoms with Crippen LogP contribution in [-0.4, -0.2) is 34.0 Å². The SMILES string of the molecule is CC(CNC(=O)NCC1(O)CCCc2ccccc21)Cn1cccn1. The summed E-state index contributed by atoms with van der Waals surface area (Å²) >= 11 is 0. The van der Waals surface area contributed by atoms with Crippen LogP contribution in [0, 0.1) is 5.92 Å². The molecule has 3 rings (SSSR count). The highest BCUT2D eigenvalue weighted by molar-refractivity contribution is 5.73. The maximum absolute atomic E-state index is 12.1. The summed E-state index contributed by atoms with van der Waals surface area (Å²) < 4.78 is 1.85. The van der Waals surface area contributed by atoms with Crippen molar-refractivity contribution in [1.29, 1.82) is 0 Å². The fourth-order valence-corrected chi connectivity index (χ4v) is 3.43. The van der Waals surface area contributed by atoms with Crippen LogP contribution in [0.15, 0.2) is 42.7 Å². The summed E-state index contributed by atoms with van der Waals surface area (Å²) in [4.78, 5) is 12.1. The Kier molecular flexibility index (Phi) is 5.38. The number of nitrogens with zero attached hydrogens (tertiary/aromatic N) is 2. The molecule has 1 aromatic heterocycles. The van der Waals surface area contributed by atoms with Crippen LogP contribution < -0.4 is 10.6 Å². The first-order valence-corrected chi connectivity index (χ1v) is 8.87. The van der Waals surface area contributed by atoms with E-state index in [1.54, 1.807) is 6.20 Å². The number of aromatic nitrogens is 2. The molecule has 0 bridgehead atoms. The highest BCUT2D eigenvalue weighted by Crippen LogP contribution is 2.34. The molecule has 25 heavy (non-hydrogen) atoms. The lowest BCUT2D eigenvalue weighted by Gasteiger charge is -2.34. The number of hydrogen-bond donors (Lipinski definition) is 3. The molecule has 0 aliphatic heterocycles. The number of urea groups is 1. The van der Waals surface area contributed by atoms with Gasteiger partial charge in [-0.25, -0.2) is 4.79 Å². The summed E-state index contributed by atoms with van der Waals surface area (Å²) in [5.41, 5.74) is 1.13. The maximum atomic E-state index is 12.1. The average molecular weight is 342 g/mol. The molecule has 2 amide bonds. The third-order valence-corrected chi connectivity index (χ3v) is 4.77. The van der Waals surface area contributed by atoms with Crippen LogP contribution in [0.3, 0.4) is 0 Å². The van der Waals surface area contributed by atoms with Crippen molar-refractivity contribution in [2.45, 2.75) is 38.3 Å². The molecular weight excluding hydrogens is 316 g/mol. The van der Waals surface area contributed by atoms with E-state index in [1.165, 1.54) is 5.56 Å². The van der Waals surface area contributed by atoms with Crippen LogP contribution in [0.5, 0.6) is 0 Å². The molecular formula is C19H26N4O2. The monoisotopic (exact) mass is 342 g/mol. The number of fused-ring (bicyclic) bond motifs is 1. The predicted octanol–water partition coefficient (Wildman–Crippen LogP) is 2.04. The molecule has 1 heterocycles. The largest absolute Gasteiger partial charge is 0.383 e. The summed E-state index contributed by atoms with van der Waals surface area (Å²) in [6.45, 7) is 3.60. The van der Waals surface area contributed by atoms with Gasteiger partial charge in [-0.1, -0.05) is 31.2 Å². The Balaban J connectivity index is 1.47. The van der Waals surface area contributed by atoms with Crippen LogP contribution >= 0.6 is 0 Å². The van der Waals surface area contributed by atoms with Crippen molar-refractivity contribution in [3.05, 3.63) is 53.9 Å². The van der Waals surface area contributed by atoms with Gasteiger partial charge in [0.05, 0.1) is 6.54 Å². The minimum atomic E-state index is -0.979. The second-order valence-electron chi connectivity index (χ2n) is 6.94. The molecule has 0 spiro atoms. The molecule has 0 fully saturated rings. The minimum absolute atomic E-state index is 0.226. The van der Waals surface area contributed by atoms with E-state index in [0.29, 0.717) is 13.0 Å². The normalized spacial score (nSPS) is 20.6. The van der Waals surface area contributed by atoms with Crippen molar-refractivity contribution in [1.82, 2.24) is 20.4 Å². The van der Waals surface area contributed by atoms with E-state index >= 15 is 0 Å². The van der Waals surface area contributed by atoms with Gasteiger partial charge in [-0.2, -0.15) is 5.10 Å². The Bertz CT molecular complexity index is 701. The van der Waals surface area contributed by atoms with Crippen LogP contribution in [0.1, 0.15) is 30.9 Å². The predicted molar refractivity (Wildman–Crippen MR) is 96.1 cm³/mol. The quantitative estimate of drug-likeness (QED) is 0.752. The van der Waals surface area contributed by atoms with Crippen LogP contribution in [0.2, 0.25) is 0 Å². The van der Waals surface area contributed by atoms with Crippen LogP contribution in [0.4, 0.5) is 4.79 Å². The van der Waals surface area contributed by atoms with Gasteiger partial charge in [0.15, 0.2) is 0 Å². The van der Waals surface area contributed by atoms with Crippen molar-refractivity contribution in [3.8, 4) is 0 Å². The first-order chi connectivity index (χ1) is 12.1. The number of carbonyl (C=O) groups excluding carboxylic acids is 1. The topological polar surface area (TPSA) is 79.2 Å². The van der Waals surface area contributed by atoms with Crippen molar-refractivity contribution >= 4 is 6.03 Å². The maximum Gasteiger partial charge on any atom is 0.314 e. The number of hydrogen-bond acceptors (Lipinski definition) is 3. The van der Waals surface area contributed by atoms with Gasteiger partial charge in [0.1, 0.15) is 5.60 Å². The van der Waals surface area contributed by atoms with Gasteiger partial charge in [-0.05, 0) is 42.4 Å². The van der Waals surface area contributed by atoms with E-state index in [9.17, 15) is 9.90 Å². The number of rotatable bonds is 6. The van der Waals surface area contributed by atoms with Gasteiger partial charge >= 0.3 is 6.03 Å². The molecule has 0 saturated heterocycles. The molecule has 2 unspecified atom stereocenters. The summed E-state index contributed by atoms with van der Waals surface area (Å²) in [7, 11) is 0. The molecule has 0 saturated carbocycles. The zero-order chi connectivity index (χ0) is 17.7. The van der Waals surface area contributed by atoms with Crippen molar-refractivity contribution in [2.75, 3.05) is 13.1 Å². The van der Waals surface area contributed by atoms with E-state index in [1.807, 2.05) is 35.1 Å². The summed E-state index contributed by atoms with van der Waals surface area (Å²) in [6, 6.07) is 9.58. The second kappa shape index (κ2) is 7.70. The Morgan fingerprint density at radius 1 is 1.36 bits per heavy atom. The molecule has 3 N–H and O–H groups in total. The summed E-state index contributed by atoms with van der Waals surface area (Å²) in [6.07, 6.45) is 6.23. The smallest absolute Gasteiger partial charge is 0.314 e. The highest BCUT2D eigenvalue weighted by atomic mass is 16.3. The lowest BCUT2D eigenvalue weighted by atomic mass is 9.79. The first kappa shape index (κ1) is 17.5. The van der Waals surface area contributed by atoms with Gasteiger partial charge in [-0.3, -0.25) is 4.68 Å². The van der Waals surface area contributed by atoms with Gasteiger partial charge in [0.2, 0.25) is 0 Å². The molecule has 1 aromatic carbocycles. The van der Waals surface area contributed by atoms with Gasteiger partial charge < -0.3 is 15.7 Å². The number of nitrogens with one attached hydrogen (secondary N) is 2.